The molecule has 2 saturated heterocycles. The zero-order chi connectivity index (χ0) is 48.2. The van der Waals surface area contributed by atoms with Gasteiger partial charge in [-0.25, -0.2) is 9.59 Å². The molecule has 2 saturated carbocycles. The molecule has 8 rings (SSSR count). The number of carbonyl (C=O) groups excluding carboxylic acids is 6. The maximum Gasteiger partial charge on any atom is 0.338 e. The lowest BCUT2D eigenvalue weighted by molar-refractivity contribution is -0.143. The third-order valence-corrected chi connectivity index (χ3v) is 14.3. The number of ether oxygens (including phenoxy) is 4. The molecule has 12 nitrogen and oxygen atoms in total. The number of amides is 4. The van der Waals surface area contributed by atoms with Crippen LogP contribution in [-0.4, -0.2) is 71.7 Å². The second kappa shape index (κ2) is 20.4. The fraction of sp³-hybridized carbons (Fsp3) is 0.357. The molecular weight excluding hydrogens is 861 g/mol. The molecule has 0 spiro atoms. The highest BCUT2D eigenvalue weighted by Crippen LogP contribution is 2.51. The summed E-state index contributed by atoms with van der Waals surface area (Å²) in [6, 6.07) is 26.2. The first-order valence-corrected chi connectivity index (χ1v) is 23.3. The van der Waals surface area contributed by atoms with E-state index in [1.165, 1.54) is 9.80 Å². The van der Waals surface area contributed by atoms with Crippen molar-refractivity contribution in [3.05, 3.63) is 167 Å². The highest BCUT2D eigenvalue weighted by molar-refractivity contribution is 6.07. The summed E-state index contributed by atoms with van der Waals surface area (Å²) in [5.41, 5.74) is 6.26. The summed E-state index contributed by atoms with van der Waals surface area (Å²) in [5.74, 6) is -5.27. The number of carbonyl (C=O) groups is 6. The zero-order valence-corrected chi connectivity index (χ0v) is 39.1. The van der Waals surface area contributed by atoms with Gasteiger partial charge in [-0.15, -0.1) is 13.2 Å². The smallest absolute Gasteiger partial charge is 0.338 e. The van der Waals surface area contributed by atoms with Gasteiger partial charge >= 0.3 is 11.9 Å². The highest BCUT2D eigenvalue weighted by Gasteiger charge is 2.59. The largest absolute Gasteiger partial charge is 0.485 e. The van der Waals surface area contributed by atoms with Crippen LogP contribution in [0.5, 0.6) is 11.5 Å². The number of fused-ring (bicyclic) bond motifs is 2. The average Bonchev–Trinajstić information content (AvgIpc) is 4.05. The Kier molecular flexibility index (Phi) is 14.2. The lowest BCUT2D eigenvalue weighted by Crippen LogP contribution is -2.36. The molecule has 2 aliphatic heterocycles. The molecule has 2 aliphatic carbocycles. The monoisotopic (exact) mass is 918 g/mol. The Balaban J connectivity index is 0.899. The van der Waals surface area contributed by atoms with Crippen molar-refractivity contribution in [2.45, 2.75) is 53.8 Å². The average molecular weight is 919 g/mol. The van der Waals surface area contributed by atoms with Crippen molar-refractivity contribution in [1.82, 2.24) is 9.80 Å². The summed E-state index contributed by atoms with van der Waals surface area (Å²) in [7, 11) is 0. The van der Waals surface area contributed by atoms with E-state index in [1.807, 2.05) is 101 Å². The van der Waals surface area contributed by atoms with Crippen molar-refractivity contribution in [2.24, 2.45) is 47.3 Å². The van der Waals surface area contributed by atoms with E-state index in [-0.39, 0.29) is 85.8 Å². The van der Waals surface area contributed by atoms with Gasteiger partial charge in [0, 0.05) is 0 Å². The predicted octanol–water partition coefficient (Wildman–Crippen LogP) is 8.49. The van der Waals surface area contributed by atoms with Crippen LogP contribution in [0.2, 0.25) is 0 Å². The lowest BCUT2D eigenvalue weighted by Gasteiger charge is -2.20. The van der Waals surface area contributed by atoms with Crippen LogP contribution in [0.4, 0.5) is 0 Å². The Bertz CT molecular complexity index is 2630. The maximum atomic E-state index is 14.1. The molecule has 4 aliphatic rings. The molecule has 4 aromatic carbocycles. The van der Waals surface area contributed by atoms with Gasteiger partial charge in [-0.2, -0.15) is 0 Å². The maximum absolute atomic E-state index is 14.1. The van der Waals surface area contributed by atoms with Crippen molar-refractivity contribution in [3.8, 4) is 11.5 Å². The summed E-state index contributed by atoms with van der Waals surface area (Å²) in [4.78, 5) is 84.5. The van der Waals surface area contributed by atoms with Gasteiger partial charge in [0.1, 0.15) is 26.4 Å². The minimum atomic E-state index is -0.659. The molecule has 0 bridgehead atoms. The number of hydrogen-bond acceptors (Lipinski definition) is 10. The Morgan fingerprint density at radius 1 is 0.559 bits per heavy atom. The van der Waals surface area contributed by atoms with Crippen LogP contribution in [0, 0.1) is 75.0 Å². The standard InChI is InChI=1S/C56H58N2O10/c1-7-39-28-41(48-46(39)51(59)57(53(48)61)21-23-65-55(63)43-25-33(3)36(6)34(4)26-43)19-20-42-29-40(8-2)47-49(42)54(62)58(52(47)60)22-24-66-56(64)44-27-35(5)50(68-32-38-17-13-10-14-18-38)45(30-44)67-31-37-15-11-9-12-16-37/h7-20,25-27,30,39-42,46-49H,1-2,21-24,28-29,31-32H2,3-6H3/b20-19-. The fourth-order valence-corrected chi connectivity index (χ4v) is 10.6. The number of imide groups is 2. The molecular formula is C56H58N2O10. The van der Waals surface area contributed by atoms with E-state index in [0.717, 1.165) is 27.8 Å². The topological polar surface area (TPSA) is 146 Å². The molecule has 0 aromatic heterocycles. The van der Waals surface area contributed by atoms with Crippen molar-refractivity contribution in [3.63, 3.8) is 0 Å². The van der Waals surface area contributed by atoms with Crippen molar-refractivity contribution in [1.29, 1.82) is 0 Å². The quantitative estimate of drug-likeness (QED) is 0.0541. The summed E-state index contributed by atoms with van der Waals surface area (Å²) in [5, 5.41) is 0. The molecule has 12 heteroatoms. The SMILES string of the molecule is C=CC1CC(/C=C\C2CC(C=C)C3C(=O)N(CCOC(=O)c4cc(C)c(OCc5ccccc5)c(OCc5ccccc5)c4)C(=O)C23)C2C(=O)N(CCOC(=O)c3cc(C)c(C)c(C)c3)C(=O)C12. The lowest BCUT2D eigenvalue weighted by atomic mass is 9.86. The van der Waals surface area contributed by atoms with E-state index >= 15 is 0 Å². The predicted molar refractivity (Wildman–Crippen MR) is 254 cm³/mol. The molecule has 8 unspecified atom stereocenters. The molecule has 352 valence electrons. The van der Waals surface area contributed by atoms with Gasteiger partial charge in [0.15, 0.2) is 11.5 Å². The molecule has 4 amide bonds. The zero-order valence-electron chi connectivity index (χ0n) is 39.1. The Morgan fingerprint density at radius 3 is 1.40 bits per heavy atom. The number of allylic oxidation sites excluding steroid dienone is 4. The van der Waals surface area contributed by atoms with E-state index in [1.54, 1.807) is 36.4 Å². The van der Waals surface area contributed by atoms with Gasteiger partial charge in [0.05, 0.1) is 47.9 Å². The number of aryl methyl sites for hydroxylation is 3. The minimum absolute atomic E-state index is 0.0596. The third kappa shape index (κ3) is 9.54. The third-order valence-electron chi connectivity index (χ3n) is 14.3. The van der Waals surface area contributed by atoms with Crippen molar-refractivity contribution in [2.75, 3.05) is 26.3 Å². The molecule has 0 radical (unpaired) electrons. The highest BCUT2D eigenvalue weighted by atomic mass is 16.5. The van der Waals surface area contributed by atoms with Gasteiger partial charge in [-0.3, -0.25) is 29.0 Å². The number of rotatable bonds is 18. The normalized spacial score (nSPS) is 24.1. The van der Waals surface area contributed by atoms with Gasteiger partial charge in [0.25, 0.3) is 0 Å². The van der Waals surface area contributed by atoms with E-state index in [2.05, 4.69) is 13.2 Å². The molecule has 4 fully saturated rings. The van der Waals surface area contributed by atoms with Crippen LogP contribution in [0.1, 0.15) is 66.9 Å². The summed E-state index contributed by atoms with van der Waals surface area (Å²) < 4.78 is 23.7. The summed E-state index contributed by atoms with van der Waals surface area (Å²) in [6.45, 7) is 15.6. The first kappa shape index (κ1) is 47.4. The Labute approximate surface area is 397 Å². The van der Waals surface area contributed by atoms with E-state index < -0.39 is 35.6 Å². The van der Waals surface area contributed by atoms with Crippen LogP contribution in [0.3, 0.4) is 0 Å². The van der Waals surface area contributed by atoms with Gasteiger partial charge in [0.2, 0.25) is 23.6 Å². The molecule has 0 N–H and O–H groups in total. The number of likely N-dealkylation sites (tertiary alicyclic amines) is 2. The van der Waals surface area contributed by atoms with Crippen LogP contribution >= 0.6 is 0 Å². The molecule has 2 heterocycles. The second-order valence-corrected chi connectivity index (χ2v) is 18.4. The summed E-state index contributed by atoms with van der Waals surface area (Å²) >= 11 is 0. The van der Waals surface area contributed by atoms with Gasteiger partial charge < -0.3 is 18.9 Å². The van der Waals surface area contributed by atoms with E-state index in [4.69, 9.17) is 18.9 Å². The number of nitrogens with zero attached hydrogens (tertiary/aromatic N) is 2. The Hall–Kier alpha value is -7.08. The van der Waals surface area contributed by atoms with E-state index in [0.29, 0.717) is 42.1 Å². The van der Waals surface area contributed by atoms with Crippen molar-refractivity contribution >= 4 is 35.6 Å². The number of hydrogen-bond donors (Lipinski definition) is 0. The molecule has 68 heavy (non-hydrogen) atoms. The van der Waals surface area contributed by atoms with Gasteiger partial charge in [-0.1, -0.05) is 85.0 Å². The fourth-order valence-electron chi connectivity index (χ4n) is 10.6. The van der Waals surface area contributed by atoms with Crippen molar-refractivity contribution < 1.29 is 47.7 Å². The van der Waals surface area contributed by atoms with Crippen LogP contribution < -0.4 is 9.47 Å². The number of benzene rings is 4. The van der Waals surface area contributed by atoms with Crippen LogP contribution in [0.25, 0.3) is 0 Å². The number of esters is 2. The molecule has 8 atom stereocenters. The first-order chi connectivity index (χ1) is 32.8. The van der Waals surface area contributed by atoms with Crippen LogP contribution in [-0.2, 0) is 41.9 Å². The Morgan fingerprint density at radius 2 is 0.956 bits per heavy atom. The van der Waals surface area contributed by atoms with E-state index in [9.17, 15) is 28.8 Å². The van der Waals surface area contributed by atoms with Gasteiger partial charge in [-0.05, 0) is 122 Å². The minimum Gasteiger partial charge on any atom is -0.485 e. The van der Waals surface area contributed by atoms with Crippen LogP contribution in [0.15, 0.2) is 122 Å². The first-order valence-electron chi connectivity index (χ1n) is 23.3. The summed E-state index contributed by atoms with van der Waals surface area (Å²) in [6.07, 6.45) is 8.36. The molecule has 4 aromatic rings. The second-order valence-electron chi connectivity index (χ2n) is 18.4.